The summed E-state index contributed by atoms with van der Waals surface area (Å²) >= 11 is 0. The molecule has 2 rings (SSSR count). The summed E-state index contributed by atoms with van der Waals surface area (Å²) in [7, 11) is 0. The van der Waals surface area contributed by atoms with Crippen LogP contribution in [0, 0.1) is 11.8 Å². The molecule has 0 radical (unpaired) electrons. The third-order valence-corrected chi connectivity index (χ3v) is 2.34. The van der Waals surface area contributed by atoms with E-state index in [1.54, 1.807) is 0 Å². The first kappa shape index (κ1) is 8.05. The van der Waals surface area contributed by atoms with Crippen molar-refractivity contribution in [3.8, 4) is 0 Å². The lowest BCUT2D eigenvalue weighted by Crippen LogP contribution is -2.28. The minimum atomic E-state index is 0. The first-order valence-corrected chi connectivity index (χ1v) is 3.52. The summed E-state index contributed by atoms with van der Waals surface area (Å²) in [4.78, 5) is 0. The van der Waals surface area contributed by atoms with Crippen molar-refractivity contribution in [3.05, 3.63) is 12.2 Å². The smallest absolute Gasteiger partial charge is 0.0194 e. The second kappa shape index (κ2) is 2.91. The topological polar surface area (TPSA) is 29.3 Å². The van der Waals surface area contributed by atoms with Gasteiger partial charge in [0.25, 0.3) is 0 Å². The van der Waals surface area contributed by atoms with Crippen molar-refractivity contribution in [2.24, 2.45) is 17.7 Å². The molecule has 0 saturated carbocycles. The van der Waals surface area contributed by atoms with Gasteiger partial charge in [0.1, 0.15) is 0 Å². The lowest BCUT2D eigenvalue weighted by molar-refractivity contribution is 0.336. The Hall–Kier alpha value is -0.0500. The maximum atomic E-state index is 5.62. The molecule has 1 aliphatic carbocycles. The number of hydrogen-bond acceptors (Lipinski definition) is 2. The molecule has 1 fully saturated rings. The summed E-state index contributed by atoms with van der Waals surface area (Å²) in [5.41, 5.74) is 0. The van der Waals surface area contributed by atoms with Gasteiger partial charge >= 0.3 is 0 Å². The van der Waals surface area contributed by atoms with Crippen LogP contribution in [-0.2, 0) is 0 Å². The molecule has 2 aliphatic rings. The van der Waals surface area contributed by atoms with Crippen LogP contribution in [0.15, 0.2) is 12.2 Å². The molecule has 2 N–H and O–H groups in total. The van der Waals surface area contributed by atoms with Gasteiger partial charge in [0.2, 0.25) is 0 Å². The Morgan fingerprint density at radius 2 is 2.20 bits per heavy atom. The molecule has 0 aromatic rings. The molecule has 3 heteroatoms. The number of allylic oxidation sites excluding steroid dienone is 1. The number of rotatable bonds is 0. The molecular weight excluding hydrogens is 148 g/mol. The second-order valence-corrected chi connectivity index (χ2v) is 3.04. The Kier molecular flexibility index (Phi) is 2.34. The van der Waals surface area contributed by atoms with Crippen molar-refractivity contribution in [3.63, 3.8) is 0 Å². The summed E-state index contributed by atoms with van der Waals surface area (Å²) in [6, 6.07) is 0. The zero-order chi connectivity index (χ0) is 6.27. The molecule has 0 bridgehead atoms. The number of nitrogens with zero attached hydrogens (tertiary/aromatic N) is 1. The largest absolute Gasteiger partial charge is 0.269 e. The van der Waals surface area contributed by atoms with Crippen LogP contribution in [0.5, 0.6) is 0 Å². The van der Waals surface area contributed by atoms with E-state index in [0.717, 1.165) is 24.9 Å². The Morgan fingerprint density at radius 1 is 1.40 bits per heavy atom. The van der Waals surface area contributed by atoms with Crippen molar-refractivity contribution in [1.82, 2.24) is 5.01 Å². The van der Waals surface area contributed by atoms with Crippen molar-refractivity contribution < 1.29 is 0 Å². The summed E-state index contributed by atoms with van der Waals surface area (Å²) in [6.45, 7) is 2.17. The fraction of sp³-hybridized carbons (Fsp3) is 0.714. The van der Waals surface area contributed by atoms with Gasteiger partial charge in [0.15, 0.2) is 0 Å². The first-order chi connectivity index (χ1) is 4.36. The standard InChI is InChI=1S/C7H12N2.ClH/c8-9-4-6-2-1-3-7(6)5-9;/h1-2,6-7H,3-5,8H2;1H. The molecule has 2 unspecified atom stereocenters. The zero-order valence-electron chi connectivity index (χ0n) is 5.86. The average molecular weight is 161 g/mol. The number of fused-ring (bicyclic) bond motifs is 1. The van der Waals surface area contributed by atoms with Crippen molar-refractivity contribution in [1.29, 1.82) is 0 Å². The van der Waals surface area contributed by atoms with Gasteiger partial charge in [0.05, 0.1) is 0 Å². The average Bonchev–Trinajstić information content (AvgIpc) is 2.22. The van der Waals surface area contributed by atoms with Gasteiger partial charge < -0.3 is 0 Å². The highest BCUT2D eigenvalue weighted by Gasteiger charge is 2.31. The quantitative estimate of drug-likeness (QED) is 0.420. The van der Waals surface area contributed by atoms with Gasteiger partial charge in [-0.3, -0.25) is 5.84 Å². The van der Waals surface area contributed by atoms with Crippen LogP contribution in [-0.4, -0.2) is 18.1 Å². The predicted octanol–water partition coefficient (Wildman–Crippen LogP) is 0.790. The van der Waals surface area contributed by atoms with Gasteiger partial charge in [-0.1, -0.05) is 12.2 Å². The van der Waals surface area contributed by atoms with Crippen molar-refractivity contribution >= 4 is 12.4 Å². The molecule has 10 heavy (non-hydrogen) atoms. The van der Waals surface area contributed by atoms with Gasteiger partial charge in [-0.25, -0.2) is 5.01 Å². The van der Waals surface area contributed by atoms with Crippen LogP contribution in [0.2, 0.25) is 0 Å². The highest BCUT2D eigenvalue weighted by molar-refractivity contribution is 5.85. The molecule has 1 heterocycles. The highest BCUT2D eigenvalue weighted by atomic mass is 35.5. The third-order valence-electron chi connectivity index (χ3n) is 2.34. The van der Waals surface area contributed by atoms with Crippen LogP contribution < -0.4 is 5.84 Å². The van der Waals surface area contributed by atoms with E-state index < -0.39 is 0 Å². The predicted molar refractivity (Wildman–Crippen MR) is 43.7 cm³/mol. The molecule has 0 aromatic heterocycles. The molecule has 1 aliphatic heterocycles. The minimum absolute atomic E-state index is 0. The fourth-order valence-electron chi connectivity index (χ4n) is 1.83. The van der Waals surface area contributed by atoms with E-state index in [4.69, 9.17) is 5.84 Å². The summed E-state index contributed by atoms with van der Waals surface area (Å²) in [5.74, 6) is 7.24. The number of hydrogen-bond donors (Lipinski definition) is 1. The molecule has 2 atom stereocenters. The molecule has 2 nitrogen and oxygen atoms in total. The molecule has 0 amide bonds. The Morgan fingerprint density at radius 3 is 2.90 bits per heavy atom. The Bertz CT molecular complexity index is 147. The van der Waals surface area contributed by atoms with Crippen LogP contribution in [0.1, 0.15) is 6.42 Å². The molecule has 58 valence electrons. The maximum Gasteiger partial charge on any atom is 0.0194 e. The summed E-state index contributed by atoms with van der Waals surface area (Å²) in [5, 5.41) is 1.93. The summed E-state index contributed by atoms with van der Waals surface area (Å²) in [6.07, 6.45) is 5.83. The van der Waals surface area contributed by atoms with E-state index in [1.165, 1.54) is 6.42 Å². The summed E-state index contributed by atoms with van der Waals surface area (Å²) < 4.78 is 0. The van der Waals surface area contributed by atoms with Crippen LogP contribution in [0.4, 0.5) is 0 Å². The van der Waals surface area contributed by atoms with Gasteiger partial charge in [-0.15, -0.1) is 12.4 Å². The minimum Gasteiger partial charge on any atom is -0.269 e. The second-order valence-electron chi connectivity index (χ2n) is 3.04. The Labute approximate surface area is 67.5 Å². The van der Waals surface area contributed by atoms with E-state index >= 15 is 0 Å². The van der Waals surface area contributed by atoms with Gasteiger partial charge in [-0.2, -0.15) is 0 Å². The normalized spacial score (nSPS) is 37.7. The fourth-order valence-corrected chi connectivity index (χ4v) is 1.83. The van der Waals surface area contributed by atoms with Gasteiger partial charge in [-0.05, 0) is 18.3 Å². The molecule has 0 aromatic carbocycles. The van der Waals surface area contributed by atoms with Crippen LogP contribution in [0.3, 0.4) is 0 Å². The maximum absolute atomic E-state index is 5.62. The number of nitrogens with two attached hydrogens (primary N) is 1. The number of halogens is 1. The highest BCUT2D eigenvalue weighted by Crippen LogP contribution is 2.30. The number of hydrazine groups is 1. The van der Waals surface area contributed by atoms with E-state index in [0.29, 0.717) is 0 Å². The third kappa shape index (κ3) is 1.19. The van der Waals surface area contributed by atoms with Crippen molar-refractivity contribution in [2.45, 2.75) is 6.42 Å². The van der Waals surface area contributed by atoms with E-state index in [2.05, 4.69) is 12.2 Å². The Balaban J connectivity index is 0.000000500. The first-order valence-electron chi connectivity index (χ1n) is 3.52. The van der Waals surface area contributed by atoms with E-state index in [-0.39, 0.29) is 12.4 Å². The van der Waals surface area contributed by atoms with Gasteiger partial charge in [0, 0.05) is 13.1 Å². The van der Waals surface area contributed by atoms with Crippen LogP contribution in [0.25, 0.3) is 0 Å². The zero-order valence-corrected chi connectivity index (χ0v) is 6.68. The molecule has 1 saturated heterocycles. The van der Waals surface area contributed by atoms with E-state index in [1.807, 2.05) is 5.01 Å². The SMILES string of the molecule is Cl.NN1CC2C=CCC2C1. The monoisotopic (exact) mass is 160 g/mol. The lowest BCUT2D eigenvalue weighted by atomic mass is 10.0. The van der Waals surface area contributed by atoms with E-state index in [9.17, 15) is 0 Å². The van der Waals surface area contributed by atoms with Crippen LogP contribution >= 0.6 is 12.4 Å². The molecular formula is C7H13ClN2. The molecule has 0 spiro atoms. The van der Waals surface area contributed by atoms with Crippen molar-refractivity contribution in [2.75, 3.05) is 13.1 Å². The lowest BCUT2D eigenvalue weighted by Gasteiger charge is -2.05.